The number of hydrogen-bond donors (Lipinski definition) is 1. The molecule has 3 aromatic rings. The van der Waals surface area contributed by atoms with Crippen LogP contribution in [0.3, 0.4) is 0 Å². The molecule has 0 radical (unpaired) electrons. The summed E-state index contributed by atoms with van der Waals surface area (Å²) < 4.78 is 2.17. The van der Waals surface area contributed by atoms with Gasteiger partial charge in [-0.25, -0.2) is 15.0 Å². The van der Waals surface area contributed by atoms with Crippen molar-refractivity contribution >= 4 is 5.82 Å². The second kappa shape index (κ2) is 7.48. The van der Waals surface area contributed by atoms with E-state index < -0.39 is 0 Å². The molecule has 1 aromatic carbocycles. The Balaban J connectivity index is 1.50. The summed E-state index contributed by atoms with van der Waals surface area (Å²) in [5, 5.41) is 9.59. The molecular weight excluding hydrogens is 338 g/mol. The Labute approximate surface area is 159 Å². The Hall–Kier alpha value is -2.73. The van der Waals surface area contributed by atoms with Crippen molar-refractivity contribution in [2.45, 2.75) is 44.9 Å². The number of anilines is 1. The van der Waals surface area contributed by atoms with Crippen LogP contribution in [0, 0.1) is 6.92 Å². The fraction of sp³-hybridized carbons (Fsp3) is 0.381. The molecule has 0 spiro atoms. The Kier molecular flexibility index (Phi) is 4.90. The molecule has 27 heavy (non-hydrogen) atoms. The van der Waals surface area contributed by atoms with Gasteiger partial charge in [-0.1, -0.05) is 30.3 Å². The number of aryl methyl sites for hydroxylation is 1. The maximum Gasteiger partial charge on any atom is 0.132 e. The van der Waals surface area contributed by atoms with Crippen LogP contribution in [-0.2, 0) is 13.1 Å². The minimum absolute atomic E-state index is 0.183. The lowest BCUT2D eigenvalue weighted by atomic mass is 9.80. The first kappa shape index (κ1) is 17.7. The Bertz CT molecular complexity index is 902. The van der Waals surface area contributed by atoms with Crippen molar-refractivity contribution in [1.82, 2.24) is 19.5 Å². The van der Waals surface area contributed by atoms with E-state index in [-0.39, 0.29) is 6.10 Å². The van der Waals surface area contributed by atoms with Crippen LogP contribution in [0.2, 0.25) is 0 Å². The molecule has 1 N–H and O–H groups in total. The Morgan fingerprint density at radius 3 is 2.70 bits per heavy atom. The zero-order valence-corrected chi connectivity index (χ0v) is 15.8. The lowest BCUT2D eigenvalue weighted by Crippen LogP contribution is -2.28. The lowest BCUT2D eigenvalue weighted by Gasteiger charge is -2.31. The molecule has 1 aliphatic carbocycles. The average Bonchev–Trinajstić information content (AvgIpc) is 3.06. The molecule has 2 heterocycles. The molecule has 0 amide bonds. The van der Waals surface area contributed by atoms with E-state index in [1.165, 1.54) is 5.56 Å². The monoisotopic (exact) mass is 363 g/mol. The van der Waals surface area contributed by atoms with Gasteiger partial charge in [-0.2, -0.15) is 0 Å². The number of imidazole rings is 1. The normalized spacial score (nSPS) is 18.9. The van der Waals surface area contributed by atoms with Crippen LogP contribution in [0.1, 0.15) is 41.7 Å². The smallest absolute Gasteiger partial charge is 0.132 e. The molecule has 6 heteroatoms. The van der Waals surface area contributed by atoms with Gasteiger partial charge in [0.05, 0.1) is 12.6 Å². The third-order valence-corrected chi connectivity index (χ3v) is 5.14. The van der Waals surface area contributed by atoms with Gasteiger partial charge in [-0.15, -0.1) is 0 Å². The summed E-state index contributed by atoms with van der Waals surface area (Å²) >= 11 is 0. The highest BCUT2D eigenvalue weighted by Gasteiger charge is 2.30. The summed E-state index contributed by atoms with van der Waals surface area (Å²) in [5.74, 6) is 3.00. The van der Waals surface area contributed by atoms with Crippen LogP contribution >= 0.6 is 0 Å². The van der Waals surface area contributed by atoms with Crippen molar-refractivity contribution in [1.29, 1.82) is 0 Å². The third-order valence-electron chi connectivity index (χ3n) is 5.14. The van der Waals surface area contributed by atoms with Crippen molar-refractivity contribution in [3.05, 3.63) is 71.7 Å². The molecule has 6 nitrogen and oxygen atoms in total. The molecule has 0 atom stereocenters. The van der Waals surface area contributed by atoms with Crippen molar-refractivity contribution in [3.63, 3.8) is 0 Å². The maximum atomic E-state index is 9.59. The minimum Gasteiger partial charge on any atom is -0.393 e. The van der Waals surface area contributed by atoms with E-state index in [1.54, 1.807) is 0 Å². The standard InChI is InChI=1S/C21H25N5O/c1-15-23-19(17-10-18(27)11-17)12-20(24-15)25(2)14-21-22-8-9-26(21)13-16-6-4-3-5-7-16/h3-9,12,17-18,27H,10-11,13-14H2,1-2H3. The zero-order chi connectivity index (χ0) is 18.8. The number of aliphatic hydroxyl groups excluding tert-OH is 1. The summed E-state index contributed by atoms with van der Waals surface area (Å²) in [4.78, 5) is 15.8. The summed E-state index contributed by atoms with van der Waals surface area (Å²) in [6.45, 7) is 3.40. The van der Waals surface area contributed by atoms with Crippen molar-refractivity contribution in [2.75, 3.05) is 11.9 Å². The van der Waals surface area contributed by atoms with Gasteiger partial charge in [-0.3, -0.25) is 0 Å². The largest absolute Gasteiger partial charge is 0.393 e. The van der Waals surface area contributed by atoms with Crippen LogP contribution in [0.5, 0.6) is 0 Å². The molecule has 1 saturated carbocycles. The predicted molar refractivity (Wildman–Crippen MR) is 105 cm³/mol. The summed E-state index contributed by atoms with van der Waals surface area (Å²) in [6, 6.07) is 12.4. The molecule has 1 aliphatic rings. The average molecular weight is 363 g/mol. The van der Waals surface area contributed by atoms with Crippen LogP contribution in [0.4, 0.5) is 5.82 Å². The molecule has 0 saturated heterocycles. The van der Waals surface area contributed by atoms with E-state index in [1.807, 2.05) is 38.5 Å². The van der Waals surface area contributed by atoms with E-state index in [0.29, 0.717) is 12.5 Å². The number of hydrogen-bond acceptors (Lipinski definition) is 5. The van der Waals surface area contributed by atoms with Gasteiger partial charge in [0.15, 0.2) is 0 Å². The molecule has 4 rings (SSSR count). The number of rotatable bonds is 6. The number of aliphatic hydroxyl groups is 1. The van der Waals surface area contributed by atoms with E-state index >= 15 is 0 Å². The molecule has 140 valence electrons. The Morgan fingerprint density at radius 2 is 1.96 bits per heavy atom. The van der Waals surface area contributed by atoms with Crippen LogP contribution in [0.25, 0.3) is 0 Å². The molecule has 0 unspecified atom stereocenters. The predicted octanol–water partition coefficient (Wildman–Crippen LogP) is 2.90. The number of benzene rings is 1. The van der Waals surface area contributed by atoms with Crippen LogP contribution in [-0.4, -0.2) is 37.8 Å². The first-order valence-corrected chi connectivity index (χ1v) is 9.37. The van der Waals surface area contributed by atoms with Gasteiger partial charge in [0.1, 0.15) is 17.5 Å². The van der Waals surface area contributed by atoms with Crippen molar-refractivity contribution in [2.24, 2.45) is 0 Å². The molecular formula is C21H25N5O. The summed E-state index contributed by atoms with van der Waals surface area (Å²) in [7, 11) is 2.03. The van der Waals surface area contributed by atoms with E-state index in [2.05, 4.69) is 48.7 Å². The number of aromatic nitrogens is 4. The molecule has 2 aromatic heterocycles. The first-order chi connectivity index (χ1) is 13.1. The van der Waals surface area contributed by atoms with Gasteiger partial charge < -0.3 is 14.6 Å². The Morgan fingerprint density at radius 1 is 1.19 bits per heavy atom. The van der Waals surface area contributed by atoms with Gasteiger partial charge in [0.2, 0.25) is 0 Å². The summed E-state index contributed by atoms with van der Waals surface area (Å²) in [6.07, 6.45) is 5.26. The van der Waals surface area contributed by atoms with Crippen molar-refractivity contribution < 1.29 is 5.11 Å². The fourth-order valence-electron chi connectivity index (χ4n) is 3.52. The first-order valence-electron chi connectivity index (χ1n) is 9.37. The second-order valence-electron chi connectivity index (χ2n) is 7.33. The van der Waals surface area contributed by atoms with E-state index in [9.17, 15) is 5.11 Å². The molecule has 0 bridgehead atoms. The topological polar surface area (TPSA) is 67.1 Å². The quantitative estimate of drug-likeness (QED) is 0.729. The highest BCUT2D eigenvalue weighted by Crippen LogP contribution is 2.36. The highest BCUT2D eigenvalue weighted by atomic mass is 16.3. The van der Waals surface area contributed by atoms with E-state index in [4.69, 9.17) is 0 Å². The minimum atomic E-state index is -0.183. The van der Waals surface area contributed by atoms with Crippen LogP contribution < -0.4 is 4.90 Å². The lowest BCUT2D eigenvalue weighted by molar-refractivity contribution is 0.0731. The van der Waals surface area contributed by atoms with Gasteiger partial charge in [0, 0.05) is 43.7 Å². The fourth-order valence-corrected chi connectivity index (χ4v) is 3.52. The van der Waals surface area contributed by atoms with Gasteiger partial charge in [0.25, 0.3) is 0 Å². The summed E-state index contributed by atoms with van der Waals surface area (Å²) in [5.41, 5.74) is 2.28. The number of nitrogens with zero attached hydrogens (tertiary/aromatic N) is 5. The van der Waals surface area contributed by atoms with Gasteiger partial charge >= 0.3 is 0 Å². The second-order valence-corrected chi connectivity index (χ2v) is 7.33. The third kappa shape index (κ3) is 4.01. The molecule has 0 aliphatic heterocycles. The van der Waals surface area contributed by atoms with E-state index in [0.717, 1.165) is 42.5 Å². The SMILES string of the molecule is Cc1nc(C2CC(O)C2)cc(N(C)Cc2nccn2Cc2ccccc2)n1. The van der Waals surface area contributed by atoms with Crippen molar-refractivity contribution in [3.8, 4) is 0 Å². The van der Waals surface area contributed by atoms with Crippen LogP contribution in [0.15, 0.2) is 48.8 Å². The molecule has 1 fully saturated rings. The maximum absolute atomic E-state index is 9.59. The van der Waals surface area contributed by atoms with Gasteiger partial charge in [-0.05, 0) is 25.3 Å². The highest BCUT2D eigenvalue weighted by molar-refractivity contribution is 5.40. The zero-order valence-electron chi connectivity index (χ0n) is 15.8.